The molecule has 0 spiro atoms. The molecule has 0 aliphatic heterocycles. The molecule has 1 aromatic rings. The maximum atomic E-state index is 12.8. The van der Waals surface area contributed by atoms with Gasteiger partial charge in [0.15, 0.2) is 0 Å². The summed E-state index contributed by atoms with van der Waals surface area (Å²) in [6, 6.07) is 4.37. The summed E-state index contributed by atoms with van der Waals surface area (Å²) in [7, 11) is 0. The lowest BCUT2D eigenvalue weighted by Crippen LogP contribution is -2.54. The fourth-order valence-electron chi connectivity index (χ4n) is 2.69. The van der Waals surface area contributed by atoms with Gasteiger partial charge in [0.2, 0.25) is 5.91 Å². The van der Waals surface area contributed by atoms with Crippen molar-refractivity contribution < 1.29 is 36.6 Å². The minimum Gasteiger partial charge on any atom is -0.406 e. The van der Waals surface area contributed by atoms with Gasteiger partial charge in [0.05, 0.1) is 18.1 Å². The van der Waals surface area contributed by atoms with Crippen LogP contribution in [0.5, 0.6) is 5.75 Å². The lowest BCUT2D eigenvalue weighted by Gasteiger charge is -2.42. The van der Waals surface area contributed by atoms with Gasteiger partial charge in [-0.15, -0.1) is 13.2 Å². The smallest absolute Gasteiger partial charge is 0.406 e. The van der Waals surface area contributed by atoms with Crippen LogP contribution in [0.2, 0.25) is 0 Å². The van der Waals surface area contributed by atoms with Gasteiger partial charge in [-0.05, 0) is 24.6 Å². The fourth-order valence-corrected chi connectivity index (χ4v) is 2.69. The number of rotatable bonds is 5. The van der Waals surface area contributed by atoms with Crippen LogP contribution in [0.3, 0.4) is 0 Å². The summed E-state index contributed by atoms with van der Waals surface area (Å²) in [5, 5.41) is 12.2. The molecule has 24 heavy (non-hydrogen) atoms. The largest absolute Gasteiger partial charge is 0.573 e. The Morgan fingerprint density at radius 3 is 2.54 bits per heavy atom. The van der Waals surface area contributed by atoms with Crippen molar-refractivity contribution in [1.82, 2.24) is 5.32 Å². The second-order valence-corrected chi connectivity index (χ2v) is 6.02. The molecular formula is C15H16F5NO3. The van der Waals surface area contributed by atoms with E-state index in [9.17, 15) is 31.9 Å². The van der Waals surface area contributed by atoms with Crippen LogP contribution in [-0.4, -0.2) is 28.9 Å². The SMILES string of the molecule is CC(NC(=O)CC1(O)CC(F)(F)C1)c1cccc(OC(F)(F)F)c1. The summed E-state index contributed by atoms with van der Waals surface area (Å²) in [5.74, 6) is -4.06. The van der Waals surface area contributed by atoms with Gasteiger partial charge in [0, 0.05) is 12.8 Å². The molecule has 1 saturated carbocycles. The molecule has 0 bridgehead atoms. The van der Waals surface area contributed by atoms with Gasteiger partial charge in [-0.25, -0.2) is 8.78 Å². The summed E-state index contributed by atoms with van der Waals surface area (Å²) in [5.41, 5.74) is -1.40. The number of hydrogen-bond acceptors (Lipinski definition) is 3. The van der Waals surface area contributed by atoms with E-state index in [4.69, 9.17) is 0 Å². The average molecular weight is 353 g/mol. The summed E-state index contributed by atoms with van der Waals surface area (Å²) < 4.78 is 66.0. The normalized spacial score (nSPS) is 20.0. The standard InChI is InChI=1S/C15H16F5NO3/c1-9(10-3-2-4-11(5-10)24-15(18,19)20)21-12(22)6-13(23)7-14(16,17)8-13/h2-5,9,23H,6-8H2,1H3,(H,21,22). The molecule has 4 nitrogen and oxygen atoms in total. The van der Waals surface area contributed by atoms with Crippen LogP contribution in [0.15, 0.2) is 24.3 Å². The van der Waals surface area contributed by atoms with Gasteiger partial charge in [0.1, 0.15) is 5.75 Å². The van der Waals surface area contributed by atoms with Crippen molar-refractivity contribution in [2.24, 2.45) is 0 Å². The molecule has 1 aromatic carbocycles. The maximum Gasteiger partial charge on any atom is 0.573 e. The number of ether oxygens (including phenoxy) is 1. The summed E-state index contributed by atoms with van der Waals surface area (Å²) in [4.78, 5) is 11.8. The molecule has 1 aliphatic carbocycles. The van der Waals surface area contributed by atoms with E-state index in [1.54, 1.807) is 0 Å². The molecule has 1 amide bonds. The van der Waals surface area contributed by atoms with Crippen LogP contribution in [0, 0.1) is 0 Å². The molecule has 1 fully saturated rings. The topological polar surface area (TPSA) is 58.6 Å². The number of nitrogens with one attached hydrogen (secondary N) is 1. The molecule has 134 valence electrons. The minimum atomic E-state index is -4.83. The quantitative estimate of drug-likeness (QED) is 0.799. The molecule has 0 aromatic heterocycles. The van der Waals surface area contributed by atoms with Crippen molar-refractivity contribution in [1.29, 1.82) is 0 Å². The third kappa shape index (κ3) is 5.05. The molecular weight excluding hydrogens is 337 g/mol. The zero-order chi connectivity index (χ0) is 18.2. The van der Waals surface area contributed by atoms with E-state index >= 15 is 0 Å². The molecule has 1 unspecified atom stereocenters. The number of alkyl halides is 5. The Morgan fingerprint density at radius 2 is 2.00 bits per heavy atom. The first kappa shape index (κ1) is 18.4. The Bertz CT molecular complexity index is 609. The molecule has 0 radical (unpaired) electrons. The van der Waals surface area contributed by atoms with E-state index in [1.807, 2.05) is 0 Å². The Hall–Kier alpha value is -1.90. The summed E-state index contributed by atoms with van der Waals surface area (Å²) in [6.07, 6.45) is -6.89. The van der Waals surface area contributed by atoms with Crippen molar-refractivity contribution in [2.75, 3.05) is 0 Å². The van der Waals surface area contributed by atoms with Gasteiger partial charge >= 0.3 is 6.36 Å². The minimum absolute atomic E-state index is 0.344. The van der Waals surface area contributed by atoms with E-state index in [1.165, 1.54) is 19.1 Å². The van der Waals surface area contributed by atoms with Crippen LogP contribution in [0.1, 0.15) is 37.8 Å². The van der Waals surface area contributed by atoms with Gasteiger partial charge in [0.25, 0.3) is 5.92 Å². The molecule has 1 aliphatic rings. The van der Waals surface area contributed by atoms with Gasteiger partial charge in [-0.1, -0.05) is 12.1 Å². The van der Waals surface area contributed by atoms with Crippen LogP contribution in [0.4, 0.5) is 22.0 Å². The van der Waals surface area contributed by atoms with E-state index in [2.05, 4.69) is 10.1 Å². The lowest BCUT2D eigenvalue weighted by atomic mass is 9.74. The first-order valence-corrected chi connectivity index (χ1v) is 7.13. The van der Waals surface area contributed by atoms with E-state index < -0.39 is 54.8 Å². The van der Waals surface area contributed by atoms with Crippen molar-refractivity contribution in [3.8, 4) is 5.75 Å². The first-order valence-electron chi connectivity index (χ1n) is 7.13. The highest BCUT2D eigenvalue weighted by atomic mass is 19.4. The number of benzene rings is 1. The number of carbonyl (C=O) groups is 1. The summed E-state index contributed by atoms with van der Waals surface area (Å²) >= 11 is 0. The zero-order valence-electron chi connectivity index (χ0n) is 12.7. The molecule has 2 rings (SSSR count). The Balaban J connectivity index is 1.93. The Kier molecular flexibility index (Phi) is 4.76. The maximum absolute atomic E-state index is 12.8. The number of carbonyl (C=O) groups excluding carboxylic acids is 1. The van der Waals surface area contributed by atoms with Crippen LogP contribution >= 0.6 is 0 Å². The number of amides is 1. The van der Waals surface area contributed by atoms with Crippen molar-refractivity contribution in [2.45, 2.75) is 50.1 Å². The number of halogens is 5. The van der Waals surface area contributed by atoms with Gasteiger partial charge in [-0.3, -0.25) is 4.79 Å². The average Bonchev–Trinajstić information content (AvgIpc) is 2.33. The van der Waals surface area contributed by atoms with Gasteiger partial charge < -0.3 is 15.2 Å². The van der Waals surface area contributed by atoms with Crippen molar-refractivity contribution in [3.63, 3.8) is 0 Å². The summed E-state index contributed by atoms with van der Waals surface area (Å²) in [6.45, 7) is 1.52. The van der Waals surface area contributed by atoms with Crippen LogP contribution < -0.4 is 10.1 Å². The second-order valence-electron chi connectivity index (χ2n) is 6.02. The zero-order valence-corrected chi connectivity index (χ0v) is 12.7. The predicted octanol–water partition coefficient (Wildman–Crippen LogP) is 3.31. The lowest BCUT2D eigenvalue weighted by molar-refractivity contribution is -0.274. The van der Waals surface area contributed by atoms with Gasteiger partial charge in [-0.2, -0.15) is 0 Å². The third-order valence-electron chi connectivity index (χ3n) is 3.63. The molecule has 0 heterocycles. The van der Waals surface area contributed by atoms with E-state index in [0.717, 1.165) is 12.1 Å². The predicted molar refractivity (Wildman–Crippen MR) is 73.4 cm³/mol. The van der Waals surface area contributed by atoms with Crippen LogP contribution in [-0.2, 0) is 4.79 Å². The highest BCUT2D eigenvalue weighted by Crippen LogP contribution is 2.47. The highest BCUT2D eigenvalue weighted by Gasteiger charge is 2.56. The van der Waals surface area contributed by atoms with Crippen LogP contribution in [0.25, 0.3) is 0 Å². The Morgan fingerprint density at radius 1 is 1.38 bits per heavy atom. The highest BCUT2D eigenvalue weighted by molar-refractivity contribution is 5.77. The fraction of sp³-hybridized carbons (Fsp3) is 0.533. The van der Waals surface area contributed by atoms with E-state index in [-0.39, 0.29) is 0 Å². The molecule has 0 saturated heterocycles. The van der Waals surface area contributed by atoms with E-state index in [0.29, 0.717) is 5.56 Å². The molecule has 2 N–H and O–H groups in total. The molecule has 9 heteroatoms. The first-order chi connectivity index (χ1) is 10.9. The molecule has 1 atom stereocenters. The number of hydrogen-bond donors (Lipinski definition) is 2. The monoisotopic (exact) mass is 353 g/mol. The van der Waals surface area contributed by atoms with Crippen molar-refractivity contribution >= 4 is 5.91 Å². The third-order valence-corrected chi connectivity index (χ3v) is 3.63. The Labute approximate surface area is 134 Å². The number of aliphatic hydroxyl groups is 1. The van der Waals surface area contributed by atoms with Crippen molar-refractivity contribution in [3.05, 3.63) is 29.8 Å². The second kappa shape index (κ2) is 6.19.